The van der Waals surface area contributed by atoms with Crippen molar-refractivity contribution in [3.8, 4) is 11.5 Å². The largest absolute Gasteiger partial charge is 0.497 e. The van der Waals surface area contributed by atoms with Crippen LogP contribution in [0.3, 0.4) is 0 Å². The molecule has 160 valence electrons. The summed E-state index contributed by atoms with van der Waals surface area (Å²) in [4.78, 5) is 26.7. The number of nitrogens with one attached hydrogen (secondary N) is 1. The number of para-hydroxylation sites is 1. The van der Waals surface area contributed by atoms with E-state index in [1.54, 1.807) is 25.3 Å². The summed E-state index contributed by atoms with van der Waals surface area (Å²) in [6.45, 7) is 1.68. The number of methoxy groups -OCH3 is 1. The minimum absolute atomic E-state index is 0.00426. The van der Waals surface area contributed by atoms with Gasteiger partial charge in [-0.2, -0.15) is 0 Å². The van der Waals surface area contributed by atoms with E-state index in [1.807, 2.05) is 35.2 Å². The van der Waals surface area contributed by atoms with Crippen molar-refractivity contribution in [3.05, 3.63) is 59.1 Å². The van der Waals surface area contributed by atoms with E-state index in [1.165, 1.54) is 0 Å². The van der Waals surface area contributed by atoms with Crippen molar-refractivity contribution in [2.75, 3.05) is 26.8 Å². The minimum Gasteiger partial charge on any atom is -0.497 e. The molecule has 0 saturated carbocycles. The number of rotatable bonds is 8. The Morgan fingerprint density at radius 2 is 1.90 bits per heavy atom. The SMILES string of the molecule is COc1cccc(C(=O)N2CCC(NC(=O)CCCOc3ccccc3Cl)CC2)c1. The van der Waals surface area contributed by atoms with Gasteiger partial charge < -0.3 is 19.7 Å². The molecular weight excluding hydrogens is 404 g/mol. The summed E-state index contributed by atoms with van der Waals surface area (Å²) in [7, 11) is 1.58. The molecule has 30 heavy (non-hydrogen) atoms. The van der Waals surface area contributed by atoms with Crippen LogP contribution in [0.25, 0.3) is 0 Å². The van der Waals surface area contributed by atoms with Crippen molar-refractivity contribution < 1.29 is 19.1 Å². The topological polar surface area (TPSA) is 67.9 Å². The van der Waals surface area contributed by atoms with E-state index in [-0.39, 0.29) is 17.9 Å². The van der Waals surface area contributed by atoms with E-state index in [2.05, 4.69) is 5.32 Å². The molecule has 0 bridgehead atoms. The van der Waals surface area contributed by atoms with Crippen LogP contribution in [0.2, 0.25) is 5.02 Å². The zero-order valence-corrected chi connectivity index (χ0v) is 17.9. The Morgan fingerprint density at radius 1 is 1.13 bits per heavy atom. The Morgan fingerprint density at radius 3 is 2.63 bits per heavy atom. The molecule has 7 heteroatoms. The summed E-state index contributed by atoms with van der Waals surface area (Å²) in [6, 6.07) is 14.6. The highest BCUT2D eigenvalue weighted by Crippen LogP contribution is 2.23. The lowest BCUT2D eigenvalue weighted by molar-refractivity contribution is -0.122. The number of halogens is 1. The standard InChI is InChI=1S/C23H27ClN2O4/c1-29-19-7-4-6-17(16-19)23(28)26-13-11-18(12-14-26)25-22(27)10-5-15-30-21-9-3-2-8-20(21)24/h2-4,6-9,16,18H,5,10-15H2,1H3,(H,25,27). The first-order chi connectivity index (χ1) is 14.6. The average Bonchev–Trinajstić information content (AvgIpc) is 2.78. The molecule has 0 aromatic heterocycles. The van der Waals surface area contributed by atoms with Crippen LogP contribution >= 0.6 is 11.6 Å². The van der Waals surface area contributed by atoms with Gasteiger partial charge in [-0.3, -0.25) is 9.59 Å². The Balaban J connectivity index is 1.36. The number of hydrogen-bond acceptors (Lipinski definition) is 4. The number of likely N-dealkylation sites (tertiary alicyclic amines) is 1. The predicted octanol–water partition coefficient (Wildman–Crippen LogP) is 3.93. The predicted molar refractivity (Wildman–Crippen MR) is 116 cm³/mol. The molecule has 0 radical (unpaired) electrons. The molecular formula is C23H27ClN2O4. The van der Waals surface area contributed by atoms with Crippen LogP contribution in [-0.2, 0) is 4.79 Å². The molecule has 1 saturated heterocycles. The molecule has 2 aromatic rings. The summed E-state index contributed by atoms with van der Waals surface area (Å²) < 4.78 is 10.8. The molecule has 0 aliphatic carbocycles. The van der Waals surface area contributed by atoms with E-state index in [0.29, 0.717) is 54.6 Å². The maximum Gasteiger partial charge on any atom is 0.253 e. The van der Waals surface area contributed by atoms with Crippen molar-refractivity contribution in [2.24, 2.45) is 0 Å². The van der Waals surface area contributed by atoms with Crippen LogP contribution in [0.1, 0.15) is 36.0 Å². The van der Waals surface area contributed by atoms with Crippen LogP contribution in [0.15, 0.2) is 48.5 Å². The molecule has 1 aliphatic rings. The van der Waals surface area contributed by atoms with Gasteiger partial charge in [0.05, 0.1) is 18.7 Å². The van der Waals surface area contributed by atoms with Gasteiger partial charge in [0, 0.05) is 31.1 Å². The second kappa shape index (κ2) is 10.9. The highest BCUT2D eigenvalue weighted by molar-refractivity contribution is 6.32. The molecule has 2 aromatic carbocycles. The number of carbonyl (C=O) groups excluding carboxylic acids is 2. The fraction of sp³-hybridized carbons (Fsp3) is 0.391. The fourth-order valence-corrected chi connectivity index (χ4v) is 3.63. The van der Waals surface area contributed by atoms with Gasteiger partial charge in [-0.05, 0) is 49.6 Å². The normalized spacial score (nSPS) is 14.3. The third-order valence-corrected chi connectivity index (χ3v) is 5.42. The van der Waals surface area contributed by atoms with Gasteiger partial charge in [-0.1, -0.05) is 29.8 Å². The van der Waals surface area contributed by atoms with Crippen molar-refractivity contribution in [2.45, 2.75) is 31.7 Å². The summed E-state index contributed by atoms with van der Waals surface area (Å²) >= 11 is 6.04. The smallest absolute Gasteiger partial charge is 0.253 e. The van der Waals surface area contributed by atoms with Gasteiger partial charge in [0.25, 0.3) is 5.91 Å². The molecule has 1 N–H and O–H groups in total. The van der Waals surface area contributed by atoms with Crippen molar-refractivity contribution in [3.63, 3.8) is 0 Å². The molecule has 1 aliphatic heterocycles. The van der Waals surface area contributed by atoms with E-state index in [4.69, 9.17) is 21.1 Å². The maximum absolute atomic E-state index is 12.7. The molecule has 0 unspecified atom stereocenters. The Kier molecular flexibility index (Phi) is 7.97. The molecule has 1 heterocycles. The van der Waals surface area contributed by atoms with Gasteiger partial charge in [-0.15, -0.1) is 0 Å². The van der Waals surface area contributed by atoms with Gasteiger partial charge in [0.2, 0.25) is 5.91 Å². The molecule has 6 nitrogen and oxygen atoms in total. The summed E-state index contributed by atoms with van der Waals surface area (Å²) in [5, 5.41) is 3.63. The third kappa shape index (κ3) is 6.13. The molecule has 0 spiro atoms. The zero-order chi connectivity index (χ0) is 21.3. The molecule has 1 fully saturated rings. The number of carbonyl (C=O) groups is 2. The van der Waals surface area contributed by atoms with E-state index in [0.717, 1.165) is 12.8 Å². The fourth-order valence-electron chi connectivity index (χ4n) is 3.44. The summed E-state index contributed by atoms with van der Waals surface area (Å²) in [6.07, 6.45) is 2.51. The summed E-state index contributed by atoms with van der Waals surface area (Å²) in [5.74, 6) is 1.31. The number of amides is 2. The lowest BCUT2D eigenvalue weighted by Crippen LogP contribution is -2.46. The molecule has 3 rings (SSSR count). The van der Waals surface area contributed by atoms with Crippen LogP contribution in [0, 0.1) is 0 Å². The lowest BCUT2D eigenvalue weighted by atomic mass is 10.0. The highest BCUT2D eigenvalue weighted by Gasteiger charge is 2.24. The quantitative estimate of drug-likeness (QED) is 0.644. The van der Waals surface area contributed by atoms with Crippen molar-refractivity contribution in [1.29, 1.82) is 0 Å². The number of benzene rings is 2. The first-order valence-electron chi connectivity index (χ1n) is 10.2. The van der Waals surface area contributed by atoms with E-state index < -0.39 is 0 Å². The van der Waals surface area contributed by atoms with Crippen molar-refractivity contribution >= 4 is 23.4 Å². The molecule has 0 atom stereocenters. The Labute approximate surface area is 182 Å². The van der Waals surface area contributed by atoms with Crippen molar-refractivity contribution in [1.82, 2.24) is 10.2 Å². The Hall–Kier alpha value is -2.73. The first kappa shape index (κ1) is 22.0. The van der Waals surface area contributed by atoms with Crippen LogP contribution in [0.5, 0.6) is 11.5 Å². The number of nitrogens with zero attached hydrogens (tertiary/aromatic N) is 1. The van der Waals surface area contributed by atoms with Gasteiger partial charge in [-0.25, -0.2) is 0 Å². The van der Waals surface area contributed by atoms with Gasteiger partial charge in [0.15, 0.2) is 0 Å². The minimum atomic E-state index is -0.00426. The molecule has 2 amide bonds. The van der Waals surface area contributed by atoms with Gasteiger partial charge in [0.1, 0.15) is 11.5 Å². The number of piperidine rings is 1. The monoisotopic (exact) mass is 430 g/mol. The second-order valence-electron chi connectivity index (χ2n) is 7.25. The van der Waals surface area contributed by atoms with Crippen LogP contribution in [0.4, 0.5) is 0 Å². The van der Waals surface area contributed by atoms with E-state index in [9.17, 15) is 9.59 Å². The summed E-state index contributed by atoms with van der Waals surface area (Å²) in [5.41, 5.74) is 0.621. The number of ether oxygens (including phenoxy) is 2. The van der Waals surface area contributed by atoms with Gasteiger partial charge >= 0.3 is 0 Å². The van der Waals surface area contributed by atoms with Crippen LogP contribution < -0.4 is 14.8 Å². The van der Waals surface area contributed by atoms with Crippen LogP contribution in [-0.4, -0.2) is 49.6 Å². The first-order valence-corrected chi connectivity index (χ1v) is 10.5. The van der Waals surface area contributed by atoms with E-state index >= 15 is 0 Å². The highest BCUT2D eigenvalue weighted by atomic mass is 35.5. The number of hydrogen-bond donors (Lipinski definition) is 1. The third-order valence-electron chi connectivity index (χ3n) is 5.11. The maximum atomic E-state index is 12.7. The Bertz CT molecular complexity index is 866. The zero-order valence-electron chi connectivity index (χ0n) is 17.1. The average molecular weight is 431 g/mol. The lowest BCUT2D eigenvalue weighted by Gasteiger charge is -2.32. The second-order valence-corrected chi connectivity index (χ2v) is 7.66.